The molecule has 1 saturated carbocycles. The molecule has 0 unspecified atom stereocenters. The standard InChI is InChI=1S/C15H16ClNO6S/c16-12-4-3-10(9-11(12)13(18)19)24(21,22)17-7-8-23-14(20)15(17)5-1-2-6-15/h3-4,9H,1-2,5-8H2,(H,18,19). The Morgan fingerprint density at radius 1 is 1.29 bits per heavy atom. The molecule has 1 aromatic carbocycles. The van der Waals surface area contributed by atoms with Crippen molar-refractivity contribution in [1.82, 2.24) is 4.31 Å². The van der Waals surface area contributed by atoms with E-state index < -0.39 is 27.5 Å². The maximum Gasteiger partial charge on any atom is 0.337 e. The number of nitrogens with zero attached hydrogens (tertiary/aromatic N) is 1. The van der Waals surface area contributed by atoms with Gasteiger partial charge in [-0.2, -0.15) is 4.31 Å². The Labute approximate surface area is 144 Å². The first kappa shape index (κ1) is 17.2. The Bertz CT molecular complexity index is 800. The van der Waals surface area contributed by atoms with Crippen molar-refractivity contribution in [1.29, 1.82) is 0 Å². The van der Waals surface area contributed by atoms with Gasteiger partial charge >= 0.3 is 11.9 Å². The Hall–Kier alpha value is -1.64. The van der Waals surface area contributed by atoms with Crippen molar-refractivity contribution >= 4 is 33.6 Å². The lowest BCUT2D eigenvalue weighted by molar-refractivity contribution is -0.162. The average molecular weight is 374 g/mol. The lowest BCUT2D eigenvalue weighted by Crippen LogP contribution is -2.60. The second kappa shape index (κ2) is 6.02. The molecule has 1 spiro atoms. The van der Waals surface area contributed by atoms with Crippen molar-refractivity contribution in [3.05, 3.63) is 28.8 Å². The molecule has 1 N–H and O–H groups in total. The molecule has 2 fully saturated rings. The predicted octanol–water partition coefficient (Wildman–Crippen LogP) is 1.90. The zero-order chi connectivity index (χ0) is 17.5. The molecule has 1 saturated heterocycles. The molecule has 0 bridgehead atoms. The second-order valence-electron chi connectivity index (χ2n) is 5.90. The lowest BCUT2D eigenvalue weighted by atomic mass is 9.97. The summed E-state index contributed by atoms with van der Waals surface area (Å²) in [6, 6.07) is 3.52. The molecular formula is C15H16ClNO6S. The number of benzene rings is 1. The highest BCUT2D eigenvalue weighted by molar-refractivity contribution is 7.89. The number of morpholine rings is 1. The van der Waals surface area contributed by atoms with Crippen LogP contribution in [-0.4, -0.2) is 48.5 Å². The summed E-state index contributed by atoms with van der Waals surface area (Å²) in [5.41, 5.74) is -1.47. The molecular weight excluding hydrogens is 358 g/mol. The van der Waals surface area contributed by atoms with E-state index in [1.807, 2.05) is 0 Å². The van der Waals surface area contributed by atoms with Gasteiger partial charge in [-0.05, 0) is 31.0 Å². The van der Waals surface area contributed by atoms with Gasteiger partial charge < -0.3 is 9.84 Å². The molecule has 0 radical (unpaired) electrons. The van der Waals surface area contributed by atoms with E-state index in [4.69, 9.17) is 21.4 Å². The van der Waals surface area contributed by atoms with Crippen LogP contribution in [0.5, 0.6) is 0 Å². The first-order valence-electron chi connectivity index (χ1n) is 7.52. The molecule has 1 aromatic rings. The van der Waals surface area contributed by atoms with Gasteiger partial charge in [0.25, 0.3) is 0 Å². The minimum atomic E-state index is -4.05. The van der Waals surface area contributed by atoms with Crippen molar-refractivity contribution < 1.29 is 27.9 Å². The van der Waals surface area contributed by atoms with E-state index in [0.29, 0.717) is 12.8 Å². The van der Waals surface area contributed by atoms with Gasteiger partial charge in [0, 0.05) is 6.54 Å². The Morgan fingerprint density at radius 2 is 1.96 bits per heavy atom. The number of carboxylic acid groups (broad SMARTS) is 1. The van der Waals surface area contributed by atoms with Gasteiger partial charge in [-0.3, -0.25) is 4.79 Å². The largest absolute Gasteiger partial charge is 0.478 e. The van der Waals surface area contributed by atoms with Crippen molar-refractivity contribution in [2.45, 2.75) is 36.1 Å². The number of esters is 1. The van der Waals surface area contributed by atoms with Crippen LogP contribution < -0.4 is 0 Å². The highest BCUT2D eigenvalue weighted by atomic mass is 35.5. The van der Waals surface area contributed by atoms with E-state index >= 15 is 0 Å². The molecule has 3 rings (SSSR count). The van der Waals surface area contributed by atoms with Crippen LogP contribution in [-0.2, 0) is 19.6 Å². The van der Waals surface area contributed by atoms with Crippen LogP contribution in [0.1, 0.15) is 36.0 Å². The van der Waals surface area contributed by atoms with Crippen molar-refractivity contribution in [3.8, 4) is 0 Å². The molecule has 24 heavy (non-hydrogen) atoms. The number of rotatable bonds is 3. The summed E-state index contributed by atoms with van der Waals surface area (Å²) < 4.78 is 32.4. The zero-order valence-corrected chi connectivity index (χ0v) is 14.3. The molecule has 9 heteroatoms. The number of carbonyl (C=O) groups excluding carboxylic acids is 1. The fraction of sp³-hybridized carbons (Fsp3) is 0.467. The van der Waals surface area contributed by atoms with Gasteiger partial charge in [0.2, 0.25) is 10.0 Å². The molecule has 2 aliphatic rings. The SMILES string of the molecule is O=C(O)c1cc(S(=O)(=O)N2CCOC(=O)C23CCCC3)ccc1Cl. The van der Waals surface area contributed by atoms with Crippen LogP contribution in [0, 0.1) is 0 Å². The number of sulfonamides is 1. The molecule has 7 nitrogen and oxygen atoms in total. The third kappa shape index (κ3) is 2.58. The van der Waals surface area contributed by atoms with Crippen LogP contribution in [0.25, 0.3) is 0 Å². The van der Waals surface area contributed by atoms with Crippen molar-refractivity contribution in [3.63, 3.8) is 0 Å². The van der Waals surface area contributed by atoms with Crippen LogP contribution in [0.3, 0.4) is 0 Å². The topological polar surface area (TPSA) is 101 Å². The van der Waals surface area contributed by atoms with Gasteiger partial charge in [0.1, 0.15) is 12.1 Å². The lowest BCUT2D eigenvalue weighted by Gasteiger charge is -2.41. The number of cyclic esters (lactones) is 1. The maximum absolute atomic E-state index is 13.1. The number of ether oxygens (including phenoxy) is 1. The average Bonchev–Trinajstić information content (AvgIpc) is 3.00. The van der Waals surface area contributed by atoms with Crippen molar-refractivity contribution in [2.75, 3.05) is 13.2 Å². The van der Waals surface area contributed by atoms with Crippen LogP contribution >= 0.6 is 11.6 Å². The third-order valence-corrected chi connectivity index (χ3v) is 6.86. The van der Waals surface area contributed by atoms with Crippen molar-refractivity contribution in [2.24, 2.45) is 0 Å². The number of hydrogen-bond donors (Lipinski definition) is 1. The van der Waals surface area contributed by atoms with E-state index in [9.17, 15) is 18.0 Å². The first-order chi connectivity index (χ1) is 11.3. The number of hydrogen-bond acceptors (Lipinski definition) is 5. The van der Waals surface area contributed by atoms with Gasteiger partial charge in [0.05, 0.1) is 15.5 Å². The minimum Gasteiger partial charge on any atom is -0.478 e. The fourth-order valence-electron chi connectivity index (χ4n) is 3.39. The van der Waals surface area contributed by atoms with Gasteiger partial charge in [-0.25, -0.2) is 13.2 Å². The van der Waals surface area contributed by atoms with Gasteiger partial charge in [-0.15, -0.1) is 0 Å². The number of halogens is 1. The second-order valence-corrected chi connectivity index (χ2v) is 8.17. The Balaban J connectivity index is 2.08. The third-order valence-electron chi connectivity index (χ3n) is 4.57. The molecule has 1 aliphatic carbocycles. The van der Waals surface area contributed by atoms with Crippen LogP contribution in [0.15, 0.2) is 23.1 Å². The summed E-state index contributed by atoms with van der Waals surface area (Å²) in [6.45, 7) is 0.0400. The van der Waals surface area contributed by atoms with Crippen LogP contribution in [0.2, 0.25) is 5.02 Å². The summed E-state index contributed by atoms with van der Waals surface area (Å²) >= 11 is 5.81. The van der Waals surface area contributed by atoms with E-state index in [-0.39, 0.29) is 28.6 Å². The summed E-state index contributed by atoms with van der Waals surface area (Å²) in [7, 11) is -4.05. The molecule has 1 heterocycles. The van der Waals surface area contributed by atoms with Gasteiger partial charge in [-0.1, -0.05) is 24.4 Å². The first-order valence-corrected chi connectivity index (χ1v) is 9.34. The summed E-state index contributed by atoms with van der Waals surface area (Å²) in [6.07, 6.45) is 2.29. The predicted molar refractivity (Wildman–Crippen MR) is 84.5 cm³/mol. The maximum atomic E-state index is 13.1. The summed E-state index contributed by atoms with van der Waals surface area (Å²) in [4.78, 5) is 23.3. The van der Waals surface area contributed by atoms with E-state index in [0.717, 1.165) is 18.9 Å². The molecule has 0 aromatic heterocycles. The van der Waals surface area contributed by atoms with E-state index in [1.54, 1.807) is 0 Å². The quantitative estimate of drug-likeness (QED) is 0.812. The molecule has 130 valence electrons. The zero-order valence-electron chi connectivity index (χ0n) is 12.7. The summed E-state index contributed by atoms with van der Waals surface area (Å²) in [5.74, 6) is -1.84. The highest BCUT2D eigenvalue weighted by Gasteiger charge is 2.54. The molecule has 0 amide bonds. The smallest absolute Gasteiger partial charge is 0.337 e. The Morgan fingerprint density at radius 3 is 2.58 bits per heavy atom. The van der Waals surface area contributed by atoms with E-state index in [1.165, 1.54) is 16.4 Å². The fourth-order valence-corrected chi connectivity index (χ4v) is 5.38. The summed E-state index contributed by atoms with van der Waals surface area (Å²) in [5, 5.41) is 9.10. The number of carbonyl (C=O) groups is 2. The minimum absolute atomic E-state index is 0.0147. The van der Waals surface area contributed by atoms with Gasteiger partial charge in [0.15, 0.2) is 0 Å². The Kier molecular flexibility index (Phi) is 4.31. The van der Waals surface area contributed by atoms with Crippen LogP contribution in [0.4, 0.5) is 0 Å². The molecule has 1 aliphatic heterocycles. The highest BCUT2D eigenvalue weighted by Crippen LogP contribution is 2.41. The molecule has 0 atom stereocenters. The monoisotopic (exact) mass is 373 g/mol. The number of aromatic carboxylic acids is 1. The number of carboxylic acids is 1. The normalized spacial score (nSPS) is 21.0. The van der Waals surface area contributed by atoms with E-state index in [2.05, 4.69) is 0 Å².